The fourth-order valence-corrected chi connectivity index (χ4v) is 2.00. The van der Waals surface area contributed by atoms with Gasteiger partial charge < -0.3 is 0 Å². The second-order valence-corrected chi connectivity index (χ2v) is 3.53. The van der Waals surface area contributed by atoms with Gasteiger partial charge in [-0.15, -0.1) is 0 Å². The van der Waals surface area contributed by atoms with E-state index < -0.39 is 0 Å². The van der Waals surface area contributed by atoms with Crippen LogP contribution in [0, 0.1) is 17.8 Å². The lowest BCUT2D eigenvalue weighted by atomic mass is 9.84. The van der Waals surface area contributed by atoms with Crippen molar-refractivity contribution in [2.24, 2.45) is 5.92 Å². The molecule has 2 rings (SSSR count). The molecule has 0 nitrogen and oxygen atoms in total. The molecule has 0 heteroatoms. The maximum absolute atomic E-state index is 3.16. The van der Waals surface area contributed by atoms with E-state index in [2.05, 4.69) is 24.0 Å². The summed E-state index contributed by atoms with van der Waals surface area (Å²) in [6.07, 6.45) is 12.9. The zero-order chi connectivity index (χ0) is 8.23. The molecule has 0 amide bonds. The molecule has 0 fully saturated rings. The van der Waals surface area contributed by atoms with Crippen LogP contribution in [0.5, 0.6) is 0 Å². The van der Waals surface area contributed by atoms with Gasteiger partial charge in [0.1, 0.15) is 0 Å². The van der Waals surface area contributed by atoms with Crippen LogP contribution >= 0.6 is 0 Å². The molecule has 2 aliphatic rings. The zero-order valence-corrected chi connectivity index (χ0v) is 7.34. The van der Waals surface area contributed by atoms with E-state index in [0.717, 1.165) is 12.3 Å². The molecule has 62 valence electrons. The van der Waals surface area contributed by atoms with Gasteiger partial charge in [-0.2, -0.15) is 0 Å². The van der Waals surface area contributed by atoms with Gasteiger partial charge in [0.2, 0.25) is 0 Å². The fraction of sp³-hybridized carbons (Fsp3) is 0.500. The Morgan fingerprint density at radius 1 is 1.33 bits per heavy atom. The van der Waals surface area contributed by atoms with Gasteiger partial charge in [0.25, 0.3) is 0 Å². The molecule has 0 aromatic carbocycles. The molecule has 2 aliphatic carbocycles. The minimum absolute atomic E-state index is 0.810. The van der Waals surface area contributed by atoms with Gasteiger partial charge >= 0.3 is 0 Å². The highest BCUT2D eigenvalue weighted by molar-refractivity contribution is 5.31. The maximum Gasteiger partial charge on any atom is 0.00980 e. The molecule has 0 radical (unpaired) electrons. The van der Waals surface area contributed by atoms with Crippen LogP contribution in [0.25, 0.3) is 0 Å². The predicted molar refractivity (Wildman–Crippen MR) is 51.6 cm³/mol. The molecule has 12 heavy (non-hydrogen) atoms. The van der Waals surface area contributed by atoms with Crippen LogP contribution in [0.3, 0.4) is 0 Å². The summed E-state index contributed by atoms with van der Waals surface area (Å²) in [5.74, 6) is 7.01. The molecule has 0 N–H and O–H groups in total. The Morgan fingerprint density at radius 2 is 2.33 bits per heavy atom. The number of fused-ring (bicyclic) bond motifs is 1. The summed E-state index contributed by atoms with van der Waals surface area (Å²) < 4.78 is 0. The average Bonchev–Trinajstić information content (AvgIpc) is 2.06. The minimum atomic E-state index is 0.810. The van der Waals surface area contributed by atoms with Crippen molar-refractivity contribution in [2.45, 2.75) is 32.1 Å². The first-order chi connectivity index (χ1) is 5.97. The highest BCUT2D eigenvalue weighted by Crippen LogP contribution is 2.29. The number of rotatable bonds is 0. The molecule has 0 aromatic rings. The Morgan fingerprint density at radius 3 is 3.33 bits per heavy atom. The van der Waals surface area contributed by atoms with Crippen molar-refractivity contribution in [1.29, 1.82) is 0 Å². The topological polar surface area (TPSA) is 0 Å². The third kappa shape index (κ3) is 1.61. The highest BCUT2D eigenvalue weighted by atomic mass is 14.2. The van der Waals surface area contributed by atoms with E-state index >= 15 is 0 Å². The Bertz CT molecular complexity index is 270. The lowest BCUT2D eigenvalue weighted by molar-refractivity contribution is 0.493. The largest absolute Gasteiger partial charge is 0.0985 e. The molecule has 1 unspecified atom stereocenters. The Hall–Kier alpha value is -0.960. The Kier molecular flexibility index (Phi) is 2.32. The van der Waals surface area contributed by atoms with Crippen LogP contribution in [0.1, 0.15) is 32.1 Å². The quantitative estimate of drug-likeness (QED) is 0.475. The molecular weight excluding hydrogens is 144 g/mol. The summed E-state index contributed by atoms with van der Waals surface area (Å²) in [4.78, 5) is 0. The van der Waals surface area contributed by atoms with Gasteiger partial charge in [0.05, 0.1) is 0 Å². The van der Waals surface area contributed by atoms with E-state index in [0.29, 0.717) is 0 Å². The first-order valence-electron chi connectivity index (χ1n) is 4.82. The number of hydrogen-bond acceptors (Lipinski definition) is 0. The third-order valence-corrected chi connectivity index (χ3v) is 2.69. The zero-order valence-electron chi connectivity index (χ0n) is 7.34. The second kappa shape index (κ2) is 3.63. The van der Waals surface area contributed by atoms with Crippen LogP contribution in [0.15, 0.2) is 23.8 Å². The van der Waals surface area contributed by atoms with Crippen molar-refractivity contribution in [1.82, 2.24) is 0 Å². The van der Waals surface area contributed by atoms with E-state index in [1.165, 1.54) is 31.3 Å². The molecular formula is C12H14. The van der Waals surface area contributed by atoms with E-state index in [-0.39, 0.29) is 0 Å². The Labute approximate surface area is 74.4 Å². The van der Waals surface area contributed by atoms with Crippen LogP contribution in [0.2, 0.25) is 0 Å². The first-order valence-corrected chi connectivity index (χ1v) is 4.82. The summed E-state index contributed by atoms with van der Waals surface area (Å²) in [5, 5.41) is 0. The summed E-state index contributed by atoms with van der Waals surface area (Å²) in [5.41, 5.74) is 1.54. The lowest BCUT2D eigenvalue weighted by Crippen LogP contribution is -2.07. The molecule has 0 bridgehead atoms. The van der Waals surface area contributed by atoms with Gasteiger partial charge in [0.15, 0.2) is 0 Å². The molecule has 0 saturated carbocycles. The molecule has 1 atom stereocenters. The summed E-state index contributed by atoms with van der Waals surface area (Å²) in [7, 11) is 0. The van der Waals surface area contributed by atoms with Gasteiger partial charge in [-0.05, 0) is 43.3 Å². The van der Waals surface area contributed by atoms with Crippen molar-refractivity contribution in [2.75, 3.05) is 0 Å². The summed E-state index contributed by atoms with van der Waals surface area (Å²) in [6.45, 7) is 0. The maximum atomic E-state index is 3.16. The fourth-order valence-electron chi connectivity index (χ4n) is 2.00. The van der Waals surface area contributed by atoms with Gasteiger partial charge in [0, 0.05) is 6.42 Å². The minimum Gasteiger partial charge on any atom is -0.0985 e. The van der Waals surface area contributed by atoms with Crippen molar-refractivity contribution in [3.05, 3.63) is 23.8 Å². The van der Waals surface area contributed by atoms with Crippen LogP contribution < -0.4 is 0 Å². The van der Waals surface area contributed by atoms with Crippen molar-refractivity contribution < 1.29 is 0 Å². The van der Waals surface area contributed by atoms with Gasteiger partial charge in [-0.1, -0.05) is 24.0 Å². The molecule has 0 spiro atoms. The SMILES string of the molecule is C1#CCCC2CCCC=C2C=C1. The smallest absolute Gasteiger partial charge is 0.00980 e. The van der Waals surface area contributed by atoms with Crippen LogP contribution in [-0.4, -0.2) is 0 Å². The monoisotopic (exact) mass is 158 g/mol. The lowest BCUT2D eigenvalue weighted by Gasteiger charge is -2.21. The predicted octanol–water partition coefficient (Wildman–Crippen LogP) is 3.07. The van der Waals surface area contributed by atoms with Gasteiger partial charge in [-0.3, -0.25) is 0 Å². The van der Waals surface area contributed by atoms with E-state index in [1.54, 1.807) is 0 Å². The Balaban J connectivity index is 2.21. The summed E-state index contributed by atoms with van der Waals surface area (Å²) >= 11 is 0. The van der Waals surface area contributed by atoms with Gasteiger partial charge in [-0.25, -0.2) is 0 Å². The first kappa shape index (κ1) is 7.68. The van der Waals surface area contributed by atoms with Crippen LogP contribution in [0.4, 0.5) is 0 Å². The van der Waals surface area contributed by atoms with Crippen molar-refractivity contribution in [3.8, 4) is 11.8 Å². The van der Waals surface area contributed by atoms with Crippen molar-refractivity contribution >= 4 is 0 Å². The van der Waals surface area contributed by atoms with E-state index in [4.69, 9.17) is 0 Å². The standard InChI is InChI=1S/C12H14/c1-2-4-8-12-10-6-5-9-11(12)7-3-1/h3,7,9,12H,4-6,8,10H2. The normalized spacial score (nSPS) is 27.3. The van der Waals surface area contributed by atoms with E-state index in [1.807, 2.05) is 6.08 Å². The molecule has 0 heterocycles. The van der Waals surface area contributed by atoms with Crippen LogP contribution in [-0.2, 0) is 0 Å². The third-order valence-electron chi connectivity index (χ3n) is 2.69. The highest BCUT2D eigenvalue weighted by Gasteiger charge is 2.15. The van der Waals surface area contributed by atoms with E-state index in [9.17, 15) is 0 Å². The molecule has 0 saturated heterocycles. The second-order valence-electron chi connectivity index (χ2n) is 3.53. The molecule has 0 aromatic heterocycles. The van der Waals surface area contributed by atoms with Crippen molar-refractivity contribution in [3.63, 3.8) is 0 Å². The number of allylic oxidation sites excluding steroid dienone is 4. The molecule has 0 aliphatic heterocycles. The average molecular weight is 158 g/mol. The summed E-state index contributed by atoms with van der Waals surface area (Å²) in [6, 6.07) is 0. The number of hydrogen-bond donors (Lipinski definition) is 0.